The molecule has 0 bridgehead atoms. The van der Waals surface area contributed by atoms with E-state index in [1.165, 1.54) is 7.11 Å². The van der Waals surface area contributed by atoms with Gasteiger partial charge in [-0.1, -0.05) is 42.8 Å². The molecule has 2 amide bonds. The summed E-state index contributed by atoms with van der Waals surface area (Å²) in [5, 5.41) is 6.87. The van der Waals surface area contributed by atoms with E-state index in [-0.39, 0.29) is 11.8 Å². The number of nitrogens with one attached hydrogen (secondary N) is 2. The summed E-state index contributed by atoms with van der Waals surface area (Å²) in [5.74, 6) is 0.800. The number of hydrogen-bond acceptors (Lipinski definition) is 5. The maximum Gasteiger partial charge on any atom is 0.251 e. The van der Waals surface area contributed by atoms with Crippen LogP contribution < -0.4 is 20.2 Å². The maximum absolute atomic E-state index is 12.2. The highest BCUT2D eigenvalue weighted by molar-refractivity contribution is 5.94. The monoisotopic (exact) mass is 437 g/mol. The number of allylic oxidation sites excluding steroid dienone is 1. The minimum atomic E-state index is -0.169. The van der Waals surface area contributed by atoms with E-state index in [0.717, 1.165) is 30.4 Å². The van der Waals surface area contributed by atoms with E-state index in [4.69, 9.17) is 9.47 Å². The zero-order valence-electron chi connectivity index (χ0n) is 18.9. The lowest BCUT2D eigenvalue weighted by molar-refractivity contribution is -0.121. The van der Waals surface area contributed by atoms with E-state index in [2.05, 4.69) is 15.8 Å². The van der Waals surface area contributed by atoms with Gasteiger partial charge in [-0.25, -0.2) is 5.43 Å². The Morgan fingerprint density at radius 2 is 1.72 bits per heavy atom. The van der Waals surface area contributed by atoms with E-state index in [9.17, 15) is 9.59 Å². The van der Waals surface area contributed by atoms with Gasteiger partial charge in [-0.15, -0.1) is 0 Å². The first-order valence-corrected chi connectivity index (χ1v) is 10.6. The van der Waals surface area contributed by atoms with Gasteiger partial charge in [0.05, 0.1) is 20.4 Å². The van der Waals surface area contributed by atoms with Gasteiger partial charge in [0, 0.05) is 18.5 Å². The number of amides is 2. The fourth-order valence-electron chi connectivity index (χ4n) is 2.98. The molecule has 7 heteroatoms. The summed E-state index contributed by atoms with van der Waals surface area (Å²) in [4.78, 5) is 24.1. The first-order valence-electron chi connectivity index (χ1n) is 10.6. The quantitative estimate of drug-likeness (QED) is 0.296. The number of nitrogens with zero attached hydrogens (tertiary/aromatic N) is 1. The summed E-state index contributed by atoms with van der Waals surface area (Å²) in [7, 11) is 3.08. The third kappa shape index (κ3) is 8.63. The molecule has 0 unspecified atom stereocenters. The van der Waals surface area contributed by atoms with Crippen LogP contribution in [0.2, 0.25) is 0 Å². The molecule has 0 aliphatic heterocycles. The summed E-state index contributed by atoms with van der Waals surface area (Å²) >= 11 is 0. The third-order valence-electron chi connectivity index (χ3n) is 4.66. The first kappa shape index (κ1) is 24.7. The lowest BCUT2D eigenvalue weighted by Crippen LogP contribution is -2.24. The van der Waals surface area contributed by atoms with Crippen molar-refractivity contribution in [3.05, 3.63) is 65.2 Å². The van der Waals surface area contributed by atoms with Crippen LogP contribution in [0.15, 0.2) is 59.2 Å². The Balaban J connectivity index is 1.61. The zero-order valence-corrected chi connectivity index (χ0v) is 18.9. The summed E-state index contributed by atoms with van der Waals surface area (Å²) in [6.45, 7) is 2.47. The van der Waals surface area contributed by atoms with Crippen molar-refractivity contribution in [1.29, 1.82) is 0 Å². The molecule has 0 radical (unpaired) electrons. The molecule has 0 fully saturated rings. The highest BCUT2D eigenvalue weighted by Crippen LogP contribution is 2.27. The number of ether oxygens (including phenoxy) is 2. The number of carbonyl (C=O) groups excluding carboxylic acids is 2. The maximum atomic E-state index is 12.2. The molecule has 0 aliphatic rings. The van der Waals surface area contributed by atoms with Gasteiger partial charge in [0.15, 0.2) is 11.5 Å². The second-order valence-corrected chi connectivity index (χ2v) is 7.23. The number of rotatable bonds is 12. The summed E-state index contributed by atoms with van der Waals surface area (Å²) in [6.07, 6.45) is 6.36. The number of unbranched alkanes of at least 4 members (excludes halogenated alkanes) is 2. The molecule has 0 heterocycles. The van der Waals surface area contributed by atoms with Crippen molar-refractivity contribution in [2.24, 2.45) is 5.10 Å². The fourth-order valence-corrected chi connectivity index (χ4v) is 2.98. The molecule has 0 spiro atoms. The Morgan fingerprint density at radius 3 is 2.44 bits per heavy atom. The van der Waals surface area contributed by atoms with Gasteiger partial charge in [-0.05, 0) is 49.1 Å². The Hall–Kier alpha value is -3.61. The van der Waals surface area contributed by atoms with Crippen LogP contribution in [0.25, 0.3) is 6.08 Å². The first-order chi connectivity index (χ1) is 15.5. The Bertz CT molecular complexity index is 939. The molecule has 2 N–H and O–H groups in total. The number of hydrazone groups is 1. The summed E-state index contributed by atoms with van der Waals surface area (Å²) < 4.78 is 10.4. The van der Waals surface area contributed by atoms with Gasteiger partial charge in [0.25, 0.3) is 5.91 Å². The molecular formula is C25H31N3O4. The van der Waals surface area contributed by atoms with Crippen molar-refractivity contribution in [1.82, 2.24) is 10.7 Å². The summed E-state index contributed by atoms with van der Waals surface area (Å²) in [6, 6.07) is 15.0. The van der Waals surface area contributed by atoms with Crippen LogP contribution in [0.4, 0.5) is 0 Å². The summed E-state index contributed by atoms with van der Waals surface area (Å²) in [5.41, 5.74) is 5.09. The molecule has 0 saturated heterocycles. The van der Waals surface area contributed by atoms with Gasteiger partial charge in [0.2, 0.25) is 5.91 Å². The number of hydrogen-bond donors (Lipinski definition) is 2. The minimum absolute atomic E-state index is 0.122. The van der Waals surface area contributed by atoms with Crippen molar-refractivity contribution >= 4 is 24.1 Å². The van der Waals surface area contributed by atoms with E-state index in [1.54, 1.807) is 31.5 Å². The normalized spacial score (nSPS) is 11.3. The van der Waals surface area contributed by atoms with Crippen molar-refractivity contribution in [2.45, 2.75) is 32.6 Å². The third-order valence-corrected chi connectivity index (χ3v) is 4.66. The van der Waals surface area contributed by atoms with Crippen molar-refractivity contribution in [3.8, 4) is 11.5 Å². The topological polar surface area (TPSA) is 89.0 Å². The van der Waals surface area contributed by atoms with Gasteiger partial charge >= 0.3 is 0 Å². The van der Waals surface area contributed by atoms with E-state index in [1.807, 2.05) is 43.3 Å². The predicted octanol–water partition coefficient (Wildman–Crippen LogP) is 4.20. The Morgan fingerprint density at radius 1 is 0.969 bits per heavy atom. The minimum Gasteiger partial charge on any atom is -0.493 e. The van der Waals surface area contributed by atoms with Crippen LogP contribution in [-0.4, -0.2) is 38.8 Å². The molecule has 0 saturated carbocycles. The average Bonchev–Trinajstić information content (AvgIpc) is 2.81. The van der Waals surface area contributed by atoms with Gasteiger partial charge < -0.3 is 14.8 Å². The van der Waals surface area contributed by atoms with Gasteiger partial charge in [-0.3, -0.25) is 9.59 Å². The number of benzene rings is 2. The highest BCUT2D eigenvalue weighted by Gasteiger charge is 2.10. The lowest BCUT2D eigenvalue weighted by atomic mass is 10.1. The van der Waals surface area contributed by atoms with Gasteiger partial charge in [-0.2, -0.15) is 5.10 Å². The molecule has 2 aromatic rings. The molecule has 32 heavy (non-hydrogen) atoms. The highest BCUT2D eigenvalue weighted by atomic mass is 16.5. The van der Waals surface area contributed by atoms with Crippen LogP contribution in [0.5, 0.6) is 11.5 Å². The van der Waals surface area contributed by atoms with E-state index >= 15 is 0 Å². The van der Waals surface area contributed by atoms with Crippen molar-refractivity contribution in [3.63, 3.8) is 0 Å². The second kappa shape index (κ2) is 13.6. The van der Waals surface area contributed by atoms with Crippen LogP contribution in [-0.2, 0) is 4.79 Å². The molecule has 7 nitrogen and oxygen atoms in total. The molecule has 170 valence electrons. The Labute approximate surface area is 189 Å². The van der Waals surface area contributed by atoms with Crippen LogP contribution in [0, 0.1) is 0 Å². The molecule has 0 aromatic heterocycles. The standard InChI is InChI=1S/C25H31N3O4/c1-19(16-20-10-6-4-7-11-20)18-27-28-24(29)12-8-5-9-15-26-25(30)21-13-14-22(31-2)23(17-21)32-3/h4,6-7,10-11,13-14,16-18H,5,8-9,12,15H2,1-3H3,(H,26,30)(H,28,29)/b19-16+,27-18?. The van der Waals surface area contributed by atoms with E-state index in [0.29, 0.717) is 30.0 Å². The smallest absolute Gasteiger partial charge is 0.251 e. The molecule has 2 rings (SSSR count). The zero-order chi connectivity index (χ0) is 23.2. The molecular weight excluding hydrogens is 406 g/mol. The second-order valence-electron chi connectivity index (χ2n) is 7.23. The molecule has 0 aliphatic carbocycles. The Kier molecular flexibility index (Phi) is 10.5. The predicted molar refractivity (Wildman–Crippen MR) is 127 cm³/mol. The average molecular weight is 438 g/mol. The van der Waals surface area contributed by atoms with Crippen LogP contribution in [0.3, 0.4) is 0 Å². The number of methoxy groups -OCH3 is 2. The largest absolute Gasteiger partial charge is 0.493 e. The van der Waals surface area contributed by atoms with Crippen molar-refractivity contribution in [2.75, 3.05) is 20.8 Å². The number of carbonyl (C=O) groups is 2. The SMILES string of the molecule is COc1ccc(C(=O)NCCCCCC(=O)NN=C/C(C)=C/c2ccccc2)cc1OC. The molecule has 0 atom stereocenters. The fraction of sp³-hybridized carbons (Fsp3) is 0.320. The van der Waals surface area contributed by atoms with E-state index < -0.39 is 0 Å². The van der Waals surface area contributed by atoms with Crippen LogP contribution >= 0.6 is 0 Å². The van der Waals surface area contributed by atoms with Gasteiger partial charge in [0.1, 0.15) is 0 Å². The van der Waals surface area contributed by atoms with Crippen molar-refractivity contribution < 1.29 is 19.1 Å². The molecule has 2 aromatic carbocycles. The van der Waals surface area contributed by atoms with Crippen LogP contribution in [0.1, 0.15) is 48.5 Å². The lowest BCUT2D eigenvalue weighted by Gasteiger charge is -2.10.